The number of carbonyl (C=O) groups is 2. The maximum absolute atomic E-state index is 12.8. The second-order valence-corrected chi connectivity index (χ2v) is 2.94. The summed E-state index contributed by atoms with van der Waals surface area (Å²) in [6.45, 7) is 0. The molecule has 2 atom stereocenters. The van der Waals surface area contributed by atoms with Gasteiger partial charge in [0.15, 0.2) is 0 Å². The number of halogens is 2. The molecule has 86 valence electrons. The minimum absolute atomic E-state index is 0.0595. The van der Waals surface area contributed by atoms with Crippen LogP contribution in [0.4, 0.5) is 18.4 Å². The lowest BCUT2D eigenvalue weighted by Gasteiger charge is -2.07. The first kappa shape index (κ1) is 11.7. The molecule has 2 unspecified atom stereocenters. The molecule has 0 aliphatic carbocycles. The normalized spacial score (nSPS) is 29.5. The Labute approximate surface area is 84.3 Å². The van der Waals surface area contributed by atoms with Crippen molar-refractivity contribution in [3.8, 4) is 0 Å². The highest BCUT2D eigenvalue weighted by molar-refractivity contribution is 5.76. The fourth-order valence-corrected chi connectivity index (χ4v) is 1.05. The van der Waals surface area contributed by atoms with E-state index in [0.29, 0.717) is 12.8 Å². The van der Waals surface area contributed by atoms with Crippen molar-refractivity contribution in [2.45, 2.75) is 38.4 Å². The molecule has 0 spiro atoms. The molecule has 7 heteroatoms. The van der Waals surface area contributed by atoms with Crippen molar-refractivity contribution >= 4 is 12.3 Å². The summed E-state index contributed by atoms with van der Waals surface area (Å²) in [4.78, 5) is 21.3. The first-order chi connectivity index (χ1) is 7.08. The van der Waals surface area contributed by atoms with Gasteiger partial charge in [-0.15, -0.1) is 0 Å². The zero-order chi connectivity index (χ0) is 11.3. The summed E-state index contributed by atoms with van der Waals surface area (Å²) in [5.74, 6) is 0. The predicted molar refractivity (Wildman–Crippen MR) is 42.3 cm³/mol. The lowest BCUT2D eigenvalue weighted by molar-refractivity contribution is -0.0491. The summed E-state index contributed by atoms with van der Waals surface area (Å²) >= 11 is 0. The van der Waals surface area contributed by atoms with Crippen LogP contribution in [0.1, 0.15) is 25.7 Å². The Kier molecular flexibility index (Phi) is 4.26. The van der Waals surface area contributed by atoms with Gasteiger partial charge in [-0.3, -0.25) is 0 Å². The number of cyclic esters (lactones) is 4. The van der Waals surface area contributed by atoms with E-state index < -0.39 is 25.0 Å². The van der Waals surface area contributed by atoms with Gasteiger partial charge >= 0.3 is 12.3 Å². The summed E-state index contributed by atoms with van der Waals surface area (Å²) in [5, 5.41) is 0. The molecule has 1 heterocycles. The SMILES string of the molecule is O=C1OC(=O)OC(F)CCCCC(F)O1. The van der Waals surface area contributed by atoms with Crippen molar-refractivity contribution < 1.29 is 32.6 Å². The summed E-state index contributed by atoms with van der Waals surface area (Å²) in [7, 11) is 0. The third-order valence-corrected chi connectivity index (χ3v) is 1.73. The zero-order valence-corrected chi connectivity index (χ0v) is 7.78. The van der Waals surface area contributed by atoms with Gasteiger partial charge in [-0.1, -0.05) is 0 Å². The van der Waals surface area contributed by atoms with Gasteiger partial charge in [-0.2, -0.15) is 0 Å². The molecule has 1 aliphatic rings. The standard InChI is InChI=1S/C8H10F2O5/c9-5-3-1-2-4-6(10)14-8(12)15-7(11)13-5/h5-6H,1-4H2. The van der Waals surface area contributed by atoms with Crippen LogP contribution < -0.4 is 0 Å². The molecule has 1 saturated heterocycles. The van der Waals surface area contributed by atoms with Crippen LogP contribution in [-0.4, -0.2) is 25.0 Å². The molecule has 1 rings (SSSR count). The molecular weight excluding hydrogens is 214 g/mol. The van der Waals surface area contributed by atoms with Gasteiger partial charge in [0.1, 0.15) is 0 Å². The minimum atomic E-state index is -1.85. The van der Waals surface area contributed by atoms with Crippen LogP contribution in [-0.2, 0) is 14.2 Å². The fourth-order valence-electron chi connectivity index (χ4n) is 1.05. The highest BCUT2D eigenvalue weighted by Gasteiger charge is 2.22. The average molecular weight is 224 g/mol. The lowest BCUT2D eigenvalue weighted by Crippen LogP contribution is -2.20. The predicted octanol–water partition coefficient (Wildman–Crippen LogP) is 2.44. The van der Waals surface area contributed by atoms with E-state index >= 15 is 0 Å². The third-order valence-electron chi connectivity index (χ3n) is 1.73. The lowest BCUT2D eigenvalue weighted by atomic mass is 10.2. The van der Waals surface area contributed by atoms with Crippen LogP contribution in [0.2, 0.25) is 0 Å². The van der Waals surface area contributed by atoms with Crippen molar-refractivity contribution in [3.05, 3.63) is 0 Å². The second kappa shape index (κ2) is 5.47. The maximum Gasteiger partial charge on any atom is 0.521 e. The van der Waals surface area contributed by atoms with E-state index in [1.54, 1.807) is 0 Å². The first-order valence-corrected chi connectivity index (χ1v) is 4.45. The smallest absolute Gasteiger partial charge is 0.399 e. The molecule has 0 N–H and O–H groups in total. The quantitative estimate of drug-likeness (QED) is 0.467. The van der Waals surface area contributed by atoms with Gasteiger partial charge in [0, 0.05) is 12.8 Å². The molecule has 0 bridgehead atoms. The minimum Gasteiger partial charge on any atom is -0.399 e. The Bertz CT molecular complexity index is 221. The average Bonchev–Trinajstić information content (AvgIpc) is 2.12. The summed E-state index contributed by atoms with van der Waals surface area (Å²) in [5.41, 5.74) is 0. The zero-order valence-electron chi connectivity index (χ0n) is 7.78. The number of alkyl halides is 2. The van der Waals surface area contributed by atoms with E-state index in [9.17, 15) is 18.4 Å². The van der Waals surface area contributed by atoms with E-state index in [0.717, 1.165) is 0 Å². The number of ether oxygens (including phenoxy) is 3. The molecule has 15 heavy (non-hydrogen) atoms. The topological polar surface area (TPSA) is 61.8 Å². The van der Waals surface area contributed by atoms with Gasteiger partial charge in [0.25, 0.3) is 0 Å². The third kappa shape index (κ3) is 4.57. The van der Waals surface area contributed by atoms with Gasteiger partial charge in [-0.05, 0) is 12.8 Å². The summed E-state index contributed by atoms with van der Waals surface area (Å²) in [6.07, 6.45) is -6.21. The highest BCUT2D eigenvalue weighted by Crippen LogP contribution is 2.14. The highest BCUT2D eigenvalue weighted by atomic mass is 19.1. The summed E-state index contributed by atoms with van der Waals surface area (Å²) in [6, 6.07) is 0. The maximum atomic E-state index is 12.8. The van der Waals surface area contributed by atoms with E-state index in [4.69, 9.17) is 0 Å². The van der Waals surface area contributed by atoms with E-state index in [2.05, 4.69) is 14.2 Å². The molecule has 1 fully saturated rings. The number of hydrogen-bond acceptors (Lipinski definition) is 5. The largest absolute Gasteiger partial charge is 0.521 e. The second-order valence-electron chi connectivity index (χ2n) is 2.94. The molecule has 1 aliphatic heterocycles. The van der Waals surface area contributed by atoms with Crippen LogP contribution >= 0.6 is 0 Å². The van der Waals surface area contributed by atoms with Crippen LogP contribution in [0, 0.1) is 0 Å². The monoisotopic (exact) mass is 224 g/mol. The van der Waals surface area contributed by atoms with Crippen molar-refractivity contribution in [2.24, 2.45) is 0 Å². The van der Waals surface area contributed by atoms with Crippen molar-refractivity contribution in [2.75, 3.05) is 0 Å². The van der Waals surface area contributed by atoms with E-state index in [-0.39, 0.29) is 12.8 Å². The molecule has 5 nitrogen and oxygen atoms in total. The van der Waals surface area contributed by atoms with Gasteiger partial charge in [0.05, 0.1) is 0 Å². The van der Waals surface area contributed by atoms with Gasteiger partial charge in [-0.25, -0.2) is 18.4 Å². The number of carbonyl (C=O) groups excluding carboxylic acids is 2. The van der Waals surface area contributed by atoms with Gasteiger partial charge < -0.3 is 14.2 Å². The van der Waals surface area contributed by atoms with Gasteiger partial charge in [0.2, 0.25) is 12.7 Å². The van der Waals surface area contributed by atoms with Crippen molar-refractivity contribution in [1.82, 2.24) is 0 Å². The summed E-state index contributed by atoms with van der Waals surface area (Å²) < 4.78 is 37.4. The Morgan fingerprint density at radius 1 is 0.933 bits per heavy atom. The molecule has 0 aromatic heterocycles. The van der Waals surface area contributed by atoms with E-state index in [1.165, 1.54) is 0 Å². The van der Waals surface area contributed by atoms with Crippen LogP contribution in [0.25, 0.3) is 0 Å². The van der Waals surface area contributed by atoms with Crippen molar-refractivity contribution in [3.63, 3.8) is 0 Å². The molecule has 0 aromatic carbocycles. The Hall–Kier alpha value is -1.40. The van der Waals surface area contributed by atoms with Crippen LogP contribution in [0.15, 0.2) is 0 Å². The van der Waals surface area contributed by atoms with Crippen molar-refractivity contribution in [1.29, 1.82) is 0 Å². The first-order valence-electron chi connectivity index (χ1n) is 4.45. The Morgan fingerprint density at radius 2 is 1.33 bits per heavy atom. The fraction of sp³-hybridized carbons (Fsp3) is 0.750. The van der Waals surface area contributed by atoms with E-state index in [1.807, 2.05) is 0 Å². The van der Waals surface area contributed by atoms with Crippen LogP contribution in [0.3, 0.4) is 0 Å². The Morgan fingerprint density at radius 3 is 1.73 bits per heavy atom. The number of rotatable bonds is 0. The van der Waals surface area contributed by atoms with Crippen LogP contribution in [0.5, 0.6) is 0 Å². The molecule has 0 amide bonds. The number of hydrogen-bond donors (Lipinski definition) is 0. The molecule has 0 radical (unpaired) electrons. The molecular formula is C8H10F2O5. The molecule has 0 aromatic rings. The molecule has 0 saturated carbocycles. The Balaban J connectivity index is 2.52.